The zero-order valence-electron chi connectivity index (χ0n) is 18.6. The van der Waals surface area contributed by atoms with E-state index in [4.69, 9.17) is 26.4 Å². The third kappa shape index (κ3) is 8.56. The molecule has 0 saturated heterocycles. The summed E-state index contributed by atoms with van der Waals surface area (Å²) >= 11 is 5.29. The van der Waals surface area contributed by atoms with Crippen molar-refractivity contribution in [3.63, 3.8) is 0 Å². The second kappa shape index (κ2) is 13.2. The Morgan fingerprint density at radius 3 is 2.36 bits per heavy atom. The first-order valence-corrected chi connectivity index (χ1v) is 11.2. The second-order valence-corrected chi connectivity index (χ2v) is 7.50. The molecule has 0 saturated carbocycles. The molecule has 0 fully saturated rings. The quantitative estimate of drug-likeness (QED) is 0.312. The van der Waals surface area contributed by atoms with Crippen LogP contribution in [0.5, 0.6) is 11.5 Å². The SMILES string of the molecule is CCOCCOc1ccc(C(=O)NC(=S)Nc2cccc(OCCc3ccccc3)c2)cc1. The Morgan fingerprint density at radius 2 is 1.61 bits per heavy atom. The molecule has 172 valence electrons. The first kappa shape index (κ1) is 24.2. The molecule has 0 radical (unpaired) electrons. The fourth-order valence-electron chi connectivity index (χ4n) is 3.00. The summed E-state index contributed by atoms with van der Waals surface area (Å²) in [6.07, 6.45) is 0.823. The molecule has 1 amide bonds. The number of carbonyl (C=O) groups is 1. The molecule has 3 rings (SSSR count). The lowest BCUT2D eigenvalue weighted by molar-refractivity contribution is 0.0977. The van der Waals surface area contributed by atoms with E-state index in [0.717, 1.165) is 17.9 Å². The van der Waals surface area contributed by atoms with Gasteiger partial charge in [0.05, 0.1) is 13.2 Å². The minimum atomic E-state index is -0.302. The van der Waals surface area contributed by atoms with Crippen molar-refractivity contribution >= 4 is 28.9 Å². The topological polar surface area (TPSA) is 68.8 Å². The number of nitrogens with one attached hydrogen (secondary N) is 2. The van der Waals surface area contributed by atoms with Crippen molar-refractivity contribution in [1.29, 1.82) is 0 Å². The molecule has 7 heteroatoms. The van der Waals surface area contributed by atoms with Crippen LogP contribution in [0.25, 0.3) is 0 Å². The summed E-state index contributed by atoms with van der Waals surface area (Å²) in [5.74, 6) is 1.10. The highest BCUT2D eigenvalue weighted by Gasteiger charge is 2.09. The minimum Gasteiger partial charge on any atom is -0.493 e. The summed E-state index contributed by atoms with van der Waals surface area (Å²) in [5.41, 5.74) is 2.44. The van der Waals surface area contributed by atoms with Crippen LogP contribution in [-0.4, -0.2) is 37.4 Å². The highest BCUT2D eigenvalue weighted by Crippen LogP contribution is 2.18. The van der Waals surface area contributed by atoms with E-state index in [1.165, 1.54) is 5.56 Å². The van der Waals surface area contributed by atoms with Gasteiger partial charge in [-0.25, -0.2) is 0 Å². The van der Waals surface area contributed by atoms with Gasteiger partial charge >= 0.3 is 0 Å². The van der Waals surface area contributed by atoms with Crippen LogP contribution >= 0.6 is 12.2 Å². The van der Waals surface area contributed by atoms with Crippen LogP contribution in [0.2, 0.25) is 0 Å². The highest BCUT2D eigenvalue weighted by atomic mass is 32.1. The van der Waals surface area contributed by atoms with Crippen molar-refractivity contribution in [3.05, 3.63) is 90.0 Å². The predicted molar refractivity (Wildman–Crippen MR) is 134 cm³/mol. The molecule has 0 bridgehead atoms. The molecule has 0 aliphatic carbocycles. The Hall–Kier alpha value is -3.42. The lowest BCUT2D eigenvalue weighted by atomic mass is 10.2. The molecule has 0 heterocycles. The van der Waals surface area contributed by atoms with Gasteiger partial charge in [-0.3, -0.25) is 10.1 Å². The summed E-state index contributed by atoms with van der Waals surface area (Å²) in [6.45, 7) is 4.15. The van der Waals surface area contributed by atoms with Crippen molar-refractivity contribution in [1.82, 2.24) is 5.32 Å². The van der Waals surface area contributed by atoms with Gasteiger partial charge in [0, 0.05) is 30.3 Å². The summed E-state index contributed by atoms with van der Waals surface area (Å²) < 4.78 is 16.6. The van der Waals surface area contributed by atoms with E-state index in [-0.39, 0.29) is 11.0 Å². The number of ether oxygens (including phenoxy) is 3. The fraction of sp³-hybridized carbons (Fsp3) is 0.231. The standard InChI is InChI=1S/C26H28N2O4S/c1-2-30-17-18-32-23-13-11-21(12-14-23)25(29)28-26(33)27-22-9-6-10-24(19-22)31-16-15-20-7-4-3-5-8-20/h3-14,19H,2,15-18H2,1H3,(H2,27,28,29,33). The third-order valence-electron chi connectivity index (χ3n) is 4.64. The molecule has 0 atom stereocenters. The number of amides is 1. The van der Waals surface area contributed by atoms with Crippen molar-refractivity contribution < 1.29 is 19.0 Å². The maximum absolute atomic E-state index is 12.5. The largest absolute Gasteiger partial charge is 0.493 e. The number of benzene rings is 3. The number of hydrogen-bond acceptors (Lipinski definition) is 5. The van der Waals surface area contributed by atoms with Gasteiger partial charge in [0.25, 0.3) is 5.91 Å². The van der Waals surface area contributed by atoms with Gasteiger partial charge in [-0.2, -0.15) is 0 Å². The Labute approximate surface area is 199 Å². The van der Waals surface area contributed by atoms with Crippen molar-refractivity contribution in [2.45, 2.75) is 13.3 Å². The highest BCUT2D eigenvalue weighted by molar-refractivity contribution is 7.80. The van der Waals surface area contributed by atoms with Gasteiger partial charge in [0.15, 0.2) is 5.11 Å². The van der Waals surface area contributed by atoms with Crippen LogP contribution in [0.1, 0.15) is 22.8 Å². The monoisotopic (exact) mass is 464 g/mol. The predicted octanol–water partition coefficient (Wildman–Crippen LogP) is 4.85. The summed E-state index contributed by atoms with van der Waals surface area (Å²) in [7, 11) is 0. The molecule has 3 aromatic carbocycles. The van der Waals surface area contributed by atoms with Crippen LogP contribution in [-0.2, 0) is 11.2 Å². The Kier molecular flexibility index (Phi) is 9.69. The first-order valence-electron chi connectivity index (χ1n) is 10.8. The van der Waals surface area contributed by atoms with Gasteiger partial charge in [0.2, 0.25) is 0 Å². The summed E-state index contributed by atoms with van der Waals surface area (Å²) in [5, 5.41) is 5.92. The smallest absolute Gasteiger partial charge is 0.257 e. The van der Waals surface area contributed by atoms with Crippen molar-refractivity contribution in [2.24, 2.45) is 0 Å². The van der Waals surface area contributed by atoms with Gasteiger partial charge in [0.1, 0.15) is 18.1 Å². The number of rotatable bonds is 11. The fourth-order valence-corrected chi connectivity index (χ4v) is 3.21. The van der Waals surface area contributed by atoms with Crippen LogP contribution < -0.4 is 20.1 Å². The molecule has 3 aromatic rings. The van der Waals surface area contributed by atoms with E-state index in [1.54, 1.807) is 24.3 Å². The Bertz CT molecular complexity index is 1030. The number of anilines is 1. The van der Waals surface area contributed by atoms with Gasteiger partial charge < -0.3 is 19.5 Å². The third-order valence-corrected chi connectivity index (χ3v) is 4.84. The van der Waals surface area contributed by atoms with E-state index < -0.39 is 0 Å². The van der Waals surface area contributed by atoms with E-state index in [1.807, 2.05) is 49.4 Å². The van der Waals surface area contributed by atoms with Gasteiger partial charge in [-0.1, -0.05) is 36.4 Å². The molecule has 6 nitrogen and oxygen atoms in total. The summed E-state index contributed by atoms with van der Waals surface area (Å²) in [6, 6.07) is 24.5. The molecular formula is C26H28N2O4S. The number of hydrogen-bond donors (Lipinski definition) is 2. The molecule has 0 aliphatic rings. The average molecular weight is 465 g/mol. The van der Waals surface area contributed by atoms with Crippen molar-refractivity contribution in [2.75, 3.05) is 31.7 Å². The lowest BCUT2D eigenvalue weighted by Crippen LogP contribution is -2.34. The molecule has 0 unspecified atom stereocenters. The Morgan fingerprint density at radius 1 is 0.848 bits per heavy atom. The van der Waals surface area contributed by atoms with Crippen molar-refractivity contribution in [3.8, 4) is 11.5 Å². The molecule has 33 heavy (non-hydrogen) atoms. The van der Waals surface area contributed by atoms with Gasteiger partial charge in [-0.05, 0) is 61.1 Å². The zero-order chi connectivity index (χ0) is 23.3. The van der Waals surface area contributed by atoms with E-state index >= 15 is 0 Å². The maximum Gasteiger partial charge on any atom is 0.257 e. The molecule has 0 spiro atoms. The average Bonchev–Trinajstić information content (AvgIpc) is 2.83. The number of carbonyl (C=O) groups excluding carboxylic acids is 1. The zero-order valence-corrected chi connectivity index (χ0v) is 19.4. The van der Waals surface area contributed by atoms with E-state index in [0.29, 0.717) is 37.7 Å². The summed E-state index contributed by atoms with van der Waals surface area (Å²) in [4.78, 5) is 12.5. The minimum absolute atomic E-state index is 0.207. The van der Waals surface area contributed by atoms with Crippen LogP contribution in [0.4, 0.5) is 5.69 Å². The normalized spacial score (nSPS) is 10.3. The second-order valence-electron chi connectivity index (χ2n) is 7.09. The lowest BCUT2D eigenvalue weighted by Gasteiger charge is -2.12. The maximum atomic E-state index is 12.5. The van der Waals surface area contributed by atoms with Crippen LogP contribution in [0, 0.1) is 0 Å². The molecule has 2 N–H and O–H groups in total. The molecule has 0 aliphatic heterocycles. The van der Waals surface area contributed by atoms with Gasteiger partial charge in [-0.15, -0.1) is 0 Å². The van der Waals surface area contributed by atoms with E-state index in [9.17, 15) is 4.79 Å². The number of thiocarbonyl (C=S) groups is 1. The van der Waals surface area contributed by atoms with E-state index in [2.05, 4.69) is 22.8 Å². The first-order chi connectivity index (χ1) is 16.1. The molecular weight excluding hydrogens is 436 g/mol. The van der Waals surface area contributed by atoms with Crippen LogP contribution in [0.3, 0.4) is 0 Å². The Balaban J connectivity index is 1.45. The van der Waals surface area contributed by atoms with Crippen LogP contribution in [0.15, 0.2) is 78.9 Å². The molecule has 0 aromatic heterocycles.